The molecule has 27 heavy (non-hydrogen) atoms. The predicted molar refractivity (Wildman–Crippen MR) is 100 cm³/mol. The van der Waals surface area contributed by atoms with E-state index >= 15 is 0 Å². The lowest BCUT2D eigenvalue weighted by Crippen LogP contribution is -2.35. The van der Waals surface area contributed by atoms with Crippen LogP contribution in [0.3, 0.4) is 0 Å². The van der Waals surface area contributed by atoms with Crippen LogP contribution in [0.2, 0.25) is 0 Å². The second-order valence-corrected chi connectivity index (χ2v) is 6.58. The van der Waals surface area contributed by atoms with Gasteiger partial charge in [0, 0.05) is 31.5 Å². The molecule has 146 valence electrons. The van der Waals surface area contributed by atoms with Crippen molar-refractivity contribution >= 4 is 11.8 Å². The molecule has 7 nitrogen and oxygen atoms in total. The summed E-state index contributed by atoms with van der Waals surface area (Å²) >= 11 is 0. The van der Waals surface area contributed by atoms with E-state index in [-0.39, 0.29) is 11.8 Å². The second-order valence-electron chi connectivity index (χ2n) is 6.58. The summed E-state index contributed by atoms with van der Waals surface area (Å²) in [5, 5.41) is 14.6. The zero-order chi connectivity index (χ0) is 19.5. The van der Waals surface area contributed by atoms with Crippen molar-refractivity contribution in [3.8, 4) is 17.6 Å². The van der Waals surface area contributed by atoms with Crippen molar-refractivity contribution in [2.45, 2.75) is 51.0 Å². The summed E-state index contributed by atoms with van der Waals surface area (Å²) in [7, 11) is 1.51. The third kappa shape index (κ3) is 7.18. The number of nitrogens with one attached hydrogen (secondary N) is 2. The maximum Gasteiger partial charge on any atom is 0.221 e. The van der Waals surface area contributed by atoms with Crippen LogP contribution in [0.5, 0.6) is 11.5 Å². The van der Waals surface area contributed by atoms with Gasteiger partial charge in [-0.25, -0.2) is 0 Å². The number of carbonyl (C=O) groups is 2. The van der Waals surface area contributed by atoms with Crippen LogP contribution in [0.15, 0.2) is 18.2 Å². The molecule has 0 heterocycles. The molecule has 1 aromatic rings. The van der Waals surface area contributed by atoms with Gasteiger partial charge in [0.1, 0.15) is 0 Å². The van der Waals surface area contributed by atoms with Gasteiger partial charge >= 0.3 is 0 Å². The fraction of sp³-hybridized carbons (Fsp3) is 0.550. The molecule has 2 amide bonds. The normalized spacial score (nSPS) is 13.6. The molecular weight excluding hydrogens is 346 g/mol. The van der Waals surface area contributed by atoms with Gasteiger partial charge in [0.2, 0.25) is 11.8 Å². The molecule has 0 unspecified atom stereocenters. The highest BCUT2D eigenvalue weighted by molar-refractivity contribution is 5.79. The molecule has 2 rings (SSSR count). The lowest BCUT2D eigenvalue weighted by molar-refractivity contribution is -0.122. The van der Waals surface area contributed by atoms with Crippen LogP contribution >= 0.6 is 0 Å². The molecule has 0 aliphatic heterocycles. The maximum atomic E-state index is 11.8. The Morgan fingerprint density at radius 2 is 1.96 bits per heavy atom. The smallest absolute Gasteiger partial charge is 0.221 e. The molecule has 1 saturated carbocycles. The van der Waals surface area contributed by atoms with Crippen LogP contribution in [0.4, 0.5) is 0 Å². The first-order valence-electron chi connectivity index (χ1n) is 9.39. The third-order valence-electron chi connectivity index (χ3n) is 4.49. The Morgan fingerprint density at radius 3 is 2.67 bits per heavy atom. The largest absolute Gasteiger partial charge is 0.493 e. The van der Waals surface area contributed by atoms with E-state index in [1.54, 1.807) is 18.2 Å². The van der Waals surface area contributed by atoms with Gasteiger partial charge < -0.3 is 20.1 Å². The first kappa shape index (κ1) is 20.6. The van der Waals surface area contributed by atoms with Gasteiger partial charge in [0.25, 0.3) is 0 Å². The number of nitriles is 1. The van der Waals surface area contributed by atoms with Crippen LogP contribution < -0.4 is 20.1 Å². The van der Waals surface area contributed by atoms with Crippen LogP contribution in [0, 0.1) is 11.3 Å². The van der Waals surface area contributed by atoms with Gasteiger partial charge in [-0.15, -0.1) is 0 Å². The molecule has 1 aliphatic rings. The maximum absolute atomic E-state index is 11.8. The number of nitrogens with zero attached hydrogens (tertiary/aromatic N) is 1. The zero-order valence-electron chi connectivity index (χ0n) is 15.8. The SMILES string of the molecule is COc1cc(C#N)ccc1OCCCC(=O)NCCC(=O)NC1CCCC1. The van der Waals surface area contributed by atoms with Crippen molar-refractivity contribution in [2.24, 2.45) is 0 Å². The number of carbonyl (C=O) groups excluding carboxylic acids is 2. The number of hydrogen-bond acceptors (Lipinski definition) is 5. The van der Waals surface area contributed by atoms with Crippen molar-refractivity contribution < 1.29 is 19.1 Å². The van der Waals surface area contributed by atoms with Gasteiger partial charge in [-0.05, 0) is 31.4 Å². The molecule has 0 radical (unpaired) electrons. The Kier molecular flexibility index (Phi) is 8.43. The standard InChI is InChI=1S/C20H27N3O4/c1-26-18-13-15(14-21)8-9-17(18)27-12-4-7-19(24)22-11-10-20(25)23-16-5-2-3-6-16/h8-9,13,16H,2-7,10-12H2,1H3,(H,22,24)(H,23,25). The molecule has 0 spiro atoms. The molecule has 0 bridgehead atoms. The lowest BCUT2D eigenvalue weighted by atomic mass is 10.2. The minimum atomic E-state index is -0.0981. The van der Waals surface area contributed by atoms with Gasteiger partial charge in [0.15, 0.2) is 11.5 Å². The van der Waals surface area contributed by atoms with Gasteiger partial charge in [-0.2, -0.15) is 5.26 Å². The van der Waals surface area contributed by atoms with Gasteiger partial charge in [0.05, 0.1) is 25.3 Å². The Bertz CT molecular complexity index is 678. The minimum absolute atomic E-state index is 0.00144. The summed E-state index contributed by atoms with van der Waals surface area (Å²) in [5.74, 6) is 0.935. The van der Waals surface area contributed by atoms with E-state index in [1.165, 1.54) is 20.0 Å². The van der Waals surface area contributed by atoms with E-state index < -0.39 is 0 Å². The molecule has 1 aliphatic carbocycles. The topological polar surface area (TPSA) is 100 Å². The molecule has 2 N–H and O–H groups in total. The molecule has 0 aromatic heterocycles. The number of ether oxygens (including phenoxy) is 2. The number of rotatable bonds is 10. The average Bonchev–Trinajstić information content (AvgIpc) is 3.18. The lowest BCUT2D eigenvalue weighted by Gasteiger charge is -2.12. The van der Waals surface area contributed by atoms with E-state index in [0.29, 0.717) is 55.5 Å². The molecular formula is C20H27N3O4. The fourth-order valence-corrected chi connectivity index (χ4v) is 3.05. The Morgan fingerprint density at radius 1 is 1.19 bits per heavy atom. The van der Waals surface area contributed by atoms with Crippen molar-refractivity contribution in [3.63, 3.8) is 0 Å². The highest BCUT2D eigenvalue weighted by Crippen LogP contribution is 2.27. The highest BCUT2D eigenvalue weighted by Gasteiger charge is 2.16. The molecule has 0 saturated heterocycles. The van der Waals surface area contributed by atoms with Gasteiger partial charge in [-0.3, -0.25) is 9.59 Å². The highest BCUT2D eigenvalue weighted by atomic mass is 16.5. The summed E-state index contributed by atoms with van der Waals surface area (Å²) in [6.45, 7) is 0.708. The zero-order valence-corrected chi connectivity index (χ0v) is 15.8. The number of hydrogen-bond donors (Lipinski definition) is 2. The number of amides is 2. The van der Waals surface area contributed by atoms with E-state index in [0.717, 1.165) is 12.8 Å². The third-order valence-corrected chi connectivity index (χ3v) is 4.49. The Hall–Kier alpha value is -2.75. The van der Waals surface area contributed by atoms with Crippen molar-refractivity contribution in [1.29, 1.82) is 5.26 Å². The Labute approximate surface area is 160 Å². The number of benzene rings is 1. The van der Waals surface area contributed by atoms with E-state index in [4.69, 9.17) is 14.7 Å². The fourth-order valence-electron chi connectivity index (χ4n) is 3.05. The molecule has 7 heteroatoms. The predicted octanol–water partition coefficient (Wildman–Crippen LogP) is 2.29. The van der Waals surface area contributed by atoms with E-state index in [2.05, 4.69) is 10.6 Å². The van der Waals surface area contributed by atoms with Crippen LogP contribution in [0.1, 0.15) is 50.5 Å². The summed E-state index contributed by atoms with van der Waals surface area (Å²) in [6, 6.07) is 7.30. The van der Waals surface area contributed by atoms with Crippen molar-refractivity contribution in [1.82, 2.24) is 10.6 Å². The van der Waals surface area contributed by atoms with E-state index in [9.17, 15) is 9.59 Å². The van der Waals surface area contributed by atoms with Crippen LogP contribution in [0.25, 0.3) is 0 Å². The first-order chi connectivity index (χ1) is 13.1. The summed E-state index contributed by atoms with van der Waals surface area (Å²) in [4.78, 5) is 23.6. The van der Waals surface area contributed by atoms with Crippen molar-refractivity contribution in [2.75, 3.05) is 20.3 Å². The summed E-state index contributed by atoms with van der Waals surface area (Å²) in [5.41, 5.74) is 0.496. The molecule has 1 aromatic carbocycles. The van der Waals surface area contributed by atoms with Gasteiger partial charge in [-0.1, -0.05) is 12.8 Å². The molecule has 0 atom stereocenters. The quantitative estimate of drug-likeness (QED) is 0.613. The average molecular weight is 373 g/mol. The first-order valence-corrected chi connectivity index (χ1v) is 9.39. The van der Waals surface area contributed by atoms with Crippen molar-refractivity contribution in [3.05, 3.63) is 23.8 Å². The second kappa shape index (κ2) is 11.1. The molecule has 1 fully saturated rings. The number of methoxy groups -OCH3 is 1. The monoisotopic (exact) mass is 373 g/mol. The van der Waals surface area contributed by atoms with E-state index in [1.807, 2.05) is 6.07 Å². The minimum Gasteiger partial charge on any atom is -0.493 e. The summed E-state index contributed by atoms with van der Waals surface area (Å²) < 4.78 is 10.8. The van der Waals surface area contributed by atoms with Crippen LogP contribution in [-0.4, -0.2) is 38.1 Å². The Balaban J connectivity index is 1.58. The summed E-state index contributed by atoms with van der Waals surface area (Å²) in [6.07, 6.45) is 5.65. The van der Waals surface area contributed by atoms with Crippen LogP contribution in [-0.2, 0) is 9.59 Å².